The monoisotopic (exact) mass is 338 g/mol. The molecule has 2 aromatic rings. The van der Waals surface area contributed by atoms with Crippen LogP contribution in [0, 0.1) is 0 Å². The molecule has 0 aromatic heterocycles. The van der Waals surface area contributed by atoms with E-state index in [-0.39, 0.29) is 6.10 Å². The molecule has 0 spiro atoms. The third-order valence-corrected chi connectivity index (χ3v) is 3.99. The minimum Gasteiger partial charge on any atom is -0.485 e. The molecule has 0 aliphatic carbocycles. The molecule has 1 N–H and O–H groups in total. The minimum atomic E-state index is -0.513. The Morgan fingerprint density at radius 2 is 2.05 bits per heavy atom. The van der Waals surface area contributed by atoms with Gasteiger partial charge in [0.05, 0.1) is 6.10 Å². The van der Waals surface area contributed by atoms with E-state index in [1.807, 2.05) is 42.5 Å². The zero-order valence-corrected chi connectivity index (χ0v) is 12.4. The van der Waals surface area contributed by atoms with Crippen LogP contribution in [0.25, 0.3) is 0 Å². The number of hydrogen-bond acceptors (Lipinski definition) is 2. The molecule has 1 heterocycles. The normalized spacial score (nSPS) is 21.6. The van der Waals surface area contributed by atoms with Crippen molar-refractivity contribution in [3.63, 3.8) is 0 Å². The van der Waals surface area contributed by atoms with Crippen molar-refractivity contribution in [2.75, 3.05) is 0 Å². The van der Waals surface area contributed by atoms with Crippen molar-refractivity contribution in [2.24, 2.45) is 0 Å². The first-order chi connectivity index (χ1) is 9.13. The Balaban J connectivity index is 1.96. The van der Waals surface area contributed by atoms with Crippen LogP contribution < -0.4 is 4.74 Å². The van der Waals surface area contributed by atoms with Gasteiger partial charge in [-0.3, -0.25) is 0 Å². The number of benzene rings is 2. The Morgan fingerprint density at radius 1 is 1.21 bits per heavy atom. The summed E-state index contributed by atoms with van der Waals surface area (Å²) in [6.07, 6.45) is -0.147. The van der Waals surface area contributed by atoms with E-state index in [4.69, 9.17) is 16.3 Å². The van der Waals surface area contributed by atoms with E-state index in [0.717, 1.165) is 21.3 Å². The van der Waals surface area contributed by atoms with Gasteiger partial charge >= 0.3 is 0 Å². The summed E-state index contributed by atoms with van der Waals surface area (Å²) in [6, 6.07) is 13.2. The van der Waals surface area contributed by atoms with Gasteiger partial charge in [0.1, 0.15) is 11.9 Å². The average Bonchev–Trinajstić information content (AvgIpc) is 2.38. The summed E-state index contributed by atoms with van der Waals surface area (Å²) in [4.78, 5) is 0. The molecule has 2 aromatic carbocycles. The van der Waals surface area contributed by atoms with Crippen molar-refractivity contribution >= 4 is 27.5 Å². The summed E-state index contributed by atoms with van der Waals surface area (Å²) < 4.78 is 6.91. The van der Waals surface area contributed by atoms with E-state index in [0.29, 0.717) is 11.4 Å². The number of ether oxygens (including phenoxy) is 1. The molecule has 0 bridgehead atoms. The topological polar surface area (TPSA) is 29.5 Å². The van der Waals surface area contributed by atoms with Gasteiger partial charge in [0.25, 0.3) is 0 Å². The lowest BCUT2D eigenvalue weighted by Gasteiger charge is -2.30. The fourth-order valence-corrected chi connectivity index (χ4v) is 2.87. The Kier molecular flexibility index (Phi) is 3.52. The van der Waals surface area contributed by atoms with Crippen LogP contribution in [0.15, 0.2) is 46.9 Å². The molecule has 0 amide bonds. The molecule has 0 saturated carbocycles. The summed E-state index contributed by atoms with van der Waals surface area (Å²) in [5.74, 6) is 0.720. The minimum absolute atomic E-state index is 0.171. The van der Waals surface area contributed by atoms with Gasteiger partial charge in [-0.05, 0) is 29.8 Å². The highest BCUT2D eigenvalue weighted by atomic mass is 79.9. The SMILES string of the molecule is OC1CC(c2cccc(Cl)c2)Oc2cc(Br)ccc21. The molecule has 98 valence electrons. The standard InChI is InChI=1S/C15H12BrClO2/c16-10-4-5-12-13(18)8-14(19-15(12)7-10)9-2-1-3-11(17)6-9/h1-7,13-14,18H,8H2. The van der Waals surface area contributed by atoms with E-state index in [2.05, 4.69) is 15.9 Å². The second-order valence-corrected chi connectivity index (χ2v) is 5.95. The summed E-state index contributed by atoms with van der Waals surface area (Å²) in [5, 5.41) is 10.9. The van der Waals surface area contributed by atoms with Crippen LogP contribution in [-0.4, -0.2) is 5.11 Å². The predicted molar refractivity (Wildman–Crippen MR) is 78.5 cm³/mol. The Hall–Kier alpha value is -1.03. The lowest BCUT2D eigenvalue weighted by molar-refractivity contribution is 0.0657. The summed E-state index contributed by atoms with van der Waals surface area (Å²) in [6.45, 7) is 0. The van der Waals surface area contributed by atoms with E-state index < -0.39 is 6.10 Å². The van der Waals surface area contributed by atoms with Crippen LogP contribution in [0.4, 0.5) is 0 Å². The fraction of sp³-hybridized carbons (Fsp3) is 0.200. The lowest BCUT2D eigenvalue weighted by atomic mass is 9.95. The molecule has 0 radical (unpaired) electrons. The summed E-state index contributed by atoms with van der Waals surface area (Å²) in [5.41, 5.74) is 1.82. The van der Waals surface area contributed by atoms with Gasteiger partial charge in [-0.15, -0.1) is 0 Å². The van der Waals surface area contributed by atoms with Crippen LogP contribution in [0.5, 0.6) is 5.75 Å². The maximum absolute atomic E-state index is 10.2. The number of fused-ring (bicyclic) bond motifs is 1. The Labute approximate surface area is 125 Å². The molecule has 1 aliphatic rings. The highest BCUT2D eigenvalue weighted by molar-refractivity contribution is 9.10. The summed E-state index contributed by atoms with van der Waals surface area (Å²) in [7, 11) is 0. The first kappa shape index (κ1) is 13.0. The summed E-state index contributed by atoms with van der Waals surface area (Å²) >= 11 is 9.42. The van der Waals surface area contributed by atoms with Gasteiger partial charge in [-0.1, -0.05) is 45.7 Å². The van der Waals surface area contributed by atoms with E-state index in [1.165, 1.54) is 0 Å². The van der Waals surface area contributed by atoms with Gasteiger partial charge in [-0.25, -0.2) is 0 Å². The third kappa shape index (κ3) is 2.64. The molecule has 2 nitrogen and oxygen atoms in total. The second kappa shape index (κ2) is 5.16. The number of aliphatic hydroxyl groups is 1. The van der Waals surface area contributed by atoms with Crippen LogP contribution in [0.3, 0.4) is 0 Å². The van der Waals surface area contributed by atoms with Crippen LogP contribution in [0.2, 0.25) is 5.02 Å². The molecule has 1 aliphatic heterocycles. The van der Waals surface area contributed by atoms with Crippen molar-refractivity contribution in [1.82, 2.24) is 0 Å². The fourth-order valence-electron chi connectivity index (χ4n) is 2.33. The van der Waals surface area contributed by atoms with E-state index >= 15 is 0 Å². The van der Waals surface area contributed by atoms with Crippen LogP contribution >= 0.6 is 27.5 Å². The Morgan fingerprint density at radius 3 is 2.84 bits per heavy atom. The maximum atomic E-state index is 10.2. The van der Waals surface area contributed by atoms with Crippen molar-refractivity contribution in [2.45, 2.75) is 18.6 Å². The molecule has 0 fully saturated rings. The third-order valence-electron chi connectivity index (χ3n) is 3.26. The molecular formula is C15H12BrClO2. The Bertz CT molecular complexity index is 615. The quantitative estimate of drug-likeness (QED) is 0.819. The van der Waals surface area contributed by atoms with Crippen molar-refractivity contribution in [3.8, 4) is 5.75 Å². The molecule has 2 unspecified atom stereocenters. The maximum Gasteiger partial charge on any atom is 0.127 e. The molecular weight excluding hydrogens is 328 g/mol. The average molecular weight is 340 g/mol. The highest BCUT2D eigenvalue weighted by Gasteiger charge is 2.28. The first-order valence-electron chi connectivity index (χ1n) is 6.03. The van der Waals surface area contributed by atoms with Gasteiger partial charge in [0.15, 0.2) is 0 Å². The van der Waals surface area contributed by atoms with Gasteiger partial charge in [0, 0.05) is 21.5 Å². The zero-order chi connectivity index (χ0) is 13.4. The highest BCUT2D eigenvalue weighted by Crippen LogP contribution is 2.42. The predicted octanol–water partition coefficient (Wildman–Crippen LogP) is 4.66. The van der Waals surface area contributed by atoms with Crippen molar-refractivity contribution in [3.05, 3.63) is 63.1 Å². The number of halogens is 2. The van der Waals surface area contributed by atoms with Crippen molar-refractivity contribution in [1.29, 1.82) is 0 Å². The molecule has 0 saturated heterocycles. The first-order valence-corrected chi connectivity index (χ1v) is 7.20. The number of aliphatic hydroxyl groups excluding tert-OH is 1. The molecule has 2 atom stereocenters. The van der Waals surface area contributed by atoms with Gasteiger partial charge < -0.3 is 9.84 Å². The van der Waals surface area contributed by atoms with Crippen LogP contribution in [0.1, 0.15) is 29.8 Å². The van der Waals surface area contributed by atoms with Crippen LogP contribution in [-0.2, 0) is 0 Å². The molecule has 4 heteroatoms. The molecule has 3 rings (SSSR count). The molecule has 19 heavy (non-hydrogen) atoms. The second-order valence-electron chi connectivity index (χ2n) is 4.60. The number of hydrogen-bond donors (Lipinski definition) is 1. The van der Waals surface area contributed by atoms with Gasteiger partial charge in [-0.2, -0.15) is 0 Å². The van der Waals surface area contributed by atoms with Gasteiger partial charge in [0.2, 0.25) is 0 Å². The van der Waals surface area contributed by atoms with E-state index in [1.54, 1.807) is 0 Å². The van der Waals surface area contributed by atoms with Crippen molar-refractivity contribution < 1.29 is 9.84 Å². The number of rotatable bonds is 1. The largest absolute Gasteiger partial charge is 0.485 e. The zero-order valence-electron chi connectivity index (χ0n) is 10.0. The van der Waals surface area contributed by atoms with E-state index in [9.17, 15) is 5.11 Å². The smallest absolute Gasteiger partial charge is 0.127 e. The lowest BCUT2D eigenvalue weighted by Crippen LogP contribution is -2.19.